The van der Waals surface area contributed by atoms with Crippen LogP contribution in [0.15, 0.2) is 107 Å². The molecule has 0 radical (unpaired) electrons. The predicted molar refractivity (Wildman–Crippen MR) is 160 cm³/mol. The Bertz CT molecular complexity index is 1570. The van der Waals surface area contributed by atoms with Crippen LogP contribution in [-0.4, -0.2) is 50.4 Å². The van der Waals surface area contributed by atoms with E-state index < -0.39 is 23.8 Å². The van der Waals surface area contributed by atoms with Gasteiger partial charge in [-0.1, -0.05) is 24.3 Å². The van der Waals surface area contributed by atoms with Gasteiger partial charge < -0.3 is 18.9 Å². The number of esters is 2. The zero-order valence-electron chi connectivity index (χ0n) is 23.6. The third kappa shape index (κ3) is 8.36. The fraction of sp³-hybridized carbons (Fsp3) is 0.0625. The van der Waals surface area contributed by atoms with Crippen molar-refractivity contribution >= 4 is 36.2 Å². The molecule has 12 nitrogen and oxygen atoms in total. The SMILES string of the molecule is COc1ccc(C(=O)Oc2ccccc2/C=N/NC(=O)C(=O)N/N=C/c2ccccc2OC(=O)c2ccc(OC)cc2)cc1. The second kappa shape index (κ2) is 15.1. The van der Waals surface area contributed by atoms with Gasteiger partial charge in [-0.15, -0.1) is 0 Å². The highest BCUT2D eigenvalue weighted by Gasteiger charge is 2.14. The first-order valence-corrected chi connectivity index (χ1v) is 12.9. The first-order valence-electron chi connectivity index (χ1n) is 12.9. The third-order valence-corrected chi connectivity index (χ3v) is 5.84. The highest BCUT2D eigenvalue weighted by atomic mass is 16.5. The van der Waals surface area contributed by atoms with Crippen LogP contribution < -0.4 is 29.8 Å². The Morgan fingerprint density at radius 2 is 0.909 bits per heavy atom. The summed E-state index contributed by atoms with van der Waals surface area (Å²) in [5, 5.41) is 7.54. The van der Waals surface area contributed by atoms with E-state index in [-0.39, 0.29) is 11.5 Å². The summed E-state index contributed by atoms with van der Waals surface area (Å²) in [7, 11) is 3.04. The van der Waals surface area contributed by atoms with E-state index in [9.17, 15) is 19.2 Å². The zero-order chi connectivity index (χ0) is 31.3. The van der Waals surface area contributed by atoms with Crippen molar-refractivity contribution in [2.75, 3.05) is 14.2 Å². The normalized spacial score (nSPS) is 10.7. The molecule has 0 fully saturated rings. The molecule has 0 aliphatic carbocycles. The van der Waals surface area contributed by atoms with Gasteiger partial charge in [0.15, 0.2) is 0 Å². The van der Waals surface area contributed by atoms with E-state index in [0.717, 1.165) is 0 Å². The van der Waals surface area contributed by atoms with E-state index in [4.69, 9.17) is 18.9 Å². The maximum absolute atomic E-state index is 12.5. The lowest BCUT2D eigenvalue weighted by atomic mass is 10.2. The number of methoxy groups -OCH3 is 2. The molecular formula is C32H26N4O8. The number of rotatable bonds is 10. The maximum atomic E-state index is 12.5. The lowest BCUT2D eigenvalue weighted by Gasteiger charge is -2.08. The summed E-state index contributed by atoms with van der Waals surface area (Å²) in [4.78, 5) is 49.5. The minimum atomic E-state index is -1.11. The standard InChI is InChI=1S/C32H26N4O8/c1-41-25-15-11-21(12-16-25)31(39)43-27-9-5-3-7-23(27)19-33-35-29(37)30(38)36-34-20-24-8-4-6-10-28(24)44-32(40)22-13-17-26(42-2)18-14-22/h3-20H,1-2H3,(H,35,37)(H,36,38)/b33-19+,34-20+. The fourth-order valence-electron chi connectivity index (χ4n) is 3.55. The first kappa shape index (κ1) is 30.7. The van der Waals surface area contributed by atoms with Crippen LogP contribution in [0.4, 0.5) is 0 Å². The Kier molecular flexibility index (Phi) is 10.5. The summed E-state index contributed by atoms with van der Waals surface area (Å²) >= 11 is 0. The molecule has 4 aromatic rings. The summed E-state index contributed by atoms with van der Waals surface area (Å²) in [6, 6.07) is 25.8. The molecule has 0 unspecified atom stereocenters. The number of hydrogen-bond acceptors (Lipinski definition) is 10. The third-order valence-electron chi connectivity index (χ3n) is 5.84. The van der Waals surface area contributed by atoms with Gasteiger partial charge >= 0.3 is 23.8 Å². The Morgan fingerprint density at radius 3 is 1.27 bits per heavy atom. The molecular weight excluding hydrogens is 568 g/mol. The molecule has 0 spiro atoms. The quantitative estimate of drug-likeness (QED) is 0.0926. The highest BCUT2D eigenvalue weighted by Crippen LogP contribution is 2.20. The van der Waals surface area contributed by atoms with E-state index in [1.807, 2.05) is 0 Å². The average Bonchev–Trinajstić information content (AvgIpc) is 3.06. The van der Waals surface area contributed by atoms with Crippen LogP contribution in [0.25, 0.3) is 0 Å². The van der Waals surface area contributed by atoms with Gasteiger partial charge in [-0.3, -0.25) is 9.59 Å². The average molecular weight is 595 g/mol. The van der Waals surface area contributed by atoms with Crippen LogP contribution in [-0.2, 0) is 9.59 Å². The number of carbonyl (C=O) groups excluding carboxylic acids is 4. The smallest absolute Gasteiger partial charge is 0.343 e. The number of nitrogens with zero attached hydrogens (tertiary/aromatic N) is 2. The summed E-state index contributed by atoms with van der Waals surface area (Å²) in [5.74, 6) is -1.86. The molecule has 2 amide bonds. The summed E-state index contributed by atoms with van der Waals surface area (Å²) in [5.41, 5.74) is 5.51. The minimum Gasteiger partial charge on any atom is -0.497 e. The van der Waals surface area contributed by atoms with Crippen LogP contribution in [0, 0.1) is 0 Å². The van der Waals surface area contributed by atoms with E-state index >= 15 is 0 Å². The molecule has 2 N–H and O–H groups in total. The topological polar surface area (TPSA) is 154 Å². The molecule has 0 atom stereocenters. The van der Waals surface area contributed by atoms with Crippen LogP contribution >= 0.6 is 0 Å². The second-order valence-electron chi connectivity index (χ2n) is 8.71. The summed E-state index contributed by atoms with van der Waals surface area (Å²) in [6.07, 6.45) is 2.44. The zero-order valence-corrected chi connectivity index (χ0v) is 23.6. The van der Waals surface area contributed by atoms with Gasteiger partial charge in [0, 0.05) is 11.1 Å². The monoisotopic (exact) mass is 594 g/mol. The molecule has 0 bridgehead atoms. The maximum Gasteiger partial charge on any atom is 0.343 e. The molecule has 12 heteroatoms. The molecule has 0 aromatic heterocycles. The highest BCUT2D eigenvalue weighted by molar-refractivity contribution is 6.35. The van der Waals surface area contributed by atoms with Crippen molar-refractivity contribution in [1.82, 2.24) is 10.9 Å². The lowest BCUT2D eigenvalue weighted by Crippen LogP contribution is -2.35. The predicted octanol–water partition coefficient (Wildman–Crippen LogP) is 3.74. The first-order chi connectivity index (χ1) is 21.4. The van der Waals surface area contributed by atoms with Crippen molar-refractivity contribution in [3.8, 4) is 23.0 Å². The lowest BCUT2D eigenvalue weighted by molar-refractivity contribution is -0.139. The van der Waals surface area contributed by atoms with E-state index in [1.54, 1.807) is 97.1 Å². The van der Waals surface area contributed by atoms with Gasteiger partial charge in [-0.25, -0.2) is 20.4 Å². The molecule has 0 heterocycles. The van der Waals surface area contributed by atoms with E-state index in [0.29, 0.717) is 33.8 Å². The molecule has 0 aliphatic rings. The molecule has 44 heavy (non-hydrogen) atoms. The fourth-order valence-corrected chi connectivity index (χ4v) is 3.55. The van der Waals surface area contributed by atoms with E-state index in [1.165, 1.54) is 26.6 Å². The van der Waals surface area contributed by atoms with Gasteiger partial charge in [0.2, 0.25) is 0 Å². The molecule has 4 rings (SSSR count). The van der Waals surface area contributed by atoms with Crippen LogP contribution in [0.3, 0.4) is 0 Å². The van der Waals surface area contributed by atoms with Crippen molar-refractivity contribution in [3.63, 3.8) is 0 Å². The number of para-hydroxylation sites is 2. The Morgan fingerprint density at radius 1 is 0.545 bits per heavy atom. The number of amides is 2. The molecule has 222 valence electrons. The van der Waals surface area contributed by atoms with Crippen molar-refractivity contribution in [3.05, 3.63) is 119 Å². The minimum absolute atomic E-state index is 0.187. The molecule has 0 saturated carbocycles. The molecule has 4 aromatic carbocycles. The Balaban J connectivity index is 1.31. The largest absolute Gasteiger partial charge is 0.497 e. The van der Waals surface area contributed by atoms with Crippen LogP contribution in [0.1, 0.15) is 31.8 Å². The Hall–Kier alpha value is -6.30. The summed E-state index contributed by atoms with van der Waals surface area (Å²) in [6.45, 7) is 0. The van der Waals surface area contributed by atoms with Gasteiger partial charge in [0.25, 0.3) is 0 Å². The van der Waals surface area contributed by atoms with Gasteiger partial charge in [-0.2, -0.15) is 10.2 Å². The molecule has 0 saturated heterocycles. The molecule has 0 aliphatic heterocycles. The van der Waals surface area contributed by atoms with Crippen molar-refractivity contribution in [1.29, 1.82) is 0 Å². The summed E-state index contributed by atoms with van der Waals surface area (Å²) < 4.78 is 21.1. The Labute approximate surface area is 251 Å². The van der Waals surface area contributed by atoms with Crippen LogP contribution in [0.2, 0.25) is 0 Å². The van der Waals surface area contributed by atoms with E-state index in [2.05, 4.69) is 21.1 Å². The van der Waals surface area contributed by atoms with Crippen molar-refractivity contribution in [2.45, 2.75) is 0 Å². The number of hydrazone groups is 2. The number of nitrogens with one attached hydrogen (secondary N) is 2. The second-order valence-corrected chi connectivity index (χ2v) is 8.71. The number of ether oxygens (including phenoxy) is 4. The van der Waals surface area contributed by atoms with Crippen LogP contribution in [0.5, 0.6) is 23.0 Å². The van der Waals surface area contributed by atoms with Gasteiger partial charge in [0.1, 0.15) is 23.0 Å². The number of hydrogen-bond donors (Lipinski definition) is 2. The number of carbonyl (C=O) groups is 4. The van der Waals surface area contributed by atoms with Gasteiger partial charge in [-0.05, 0) is 72.8 Å². The van der Waals surface area contributed by atoms with Crippen molar-refractivity contribution in [2.24, 2.45) is 10.2 Å². The number of benzene rings is 4. The van der Waals surface area contributed by atoms with Crippen molar-refractivity contribution < 1.29 is 38.1 Å². The van der Waals surface area contributed by atoms with Gasteiger partial charge in [0.05, 0.1) is 37.8 Å².